The molecule has 8 nitrogen and oxygen atoms in total. The summed E-state index contributed by atoms with van der Waals surface area (Å²) < 4.78 is 3.16. The van der Waals surface area contributed by atoms with E-state index in [0.717, 1.165) is 54.7 Å². The molecule has 1 aromatic carbocycles. The summed E-state index contributed by atoms with van der Waals surface area (Å²) in [7, 11) is 1.75. The molecule has 0 bridgehead atoms. The first kappa shape index (κ1) is 20.3. The molecule has 2 N–H and O–H groups in total. The van der Waals surface area contributed by atoms with Crippen LogP contribution in [0.25, 0.3) is 11.0 Å². The number of nitrogens with zero attached hydrogens (tertiary/aromatic N) is 3. The minimum absolute atomic E-state index is 0.216. The molecule has 2 aromatic rings. The maximum absolute atomic E-state index is 13.0. The Morgan fingerprint density at radius 2 is 1.61 bits per heavy atom. The van der Waals surface area contributed by atoms with Crippen molar-refractivity contribution in [3.8, 4) is 0 Å². The molecule has 1 unspecified atom stereocenters. The number of imide groups is 1. The summed E-state index contributed by atoms with van der Waals surface area (Å²) >= 11 is 0. The number of hydrogen-bond acceptors (Lipinski definition) is 5. The number of nitrogens with one attached hydrogen (secondary N) is 2. The van der Waals surface area contributed by atoms with E-state index in [0.29, 0.717) is 6.42 Å². The molecule has 0 radical (unpaired) electrons. The van der Waals surface area contributed by atoms with E-state index in [4.69, 9.17) is 0 Å². The van der Waals surface area contributed by atoms with Crippen molar-refractivity contribution in [2.24, 2.45) is 18.9 Å². The van der Waals surface area contributed by atoms with Gasteiger partial charge < -0.3 is 10.2 Å². The van der Waals surface area contributed by atoms with Crippen LogP contribution >= 0.6 is 0 Å². The number of amides is 2. The zero-order chi connectivity index (χ0) is 21.5. The number of aryl methyl sites for hydroxylation is 1. The largest absolute Gasteiger partial charge is 0.371 e. The SMILES string of the molecule is Cn1c(=O)n(C2CCC(=O)NC2=O)c2ccc(N3CCC(C4CCNCC4)CC3)cc21. The molecule has 2 amide bonds. The van der Waals surface area contributed by atoms with Gasteiger partial charge in [-0.25, -0.2) is 4.79 Å². The van der Waals surface area contributed by atoms with Crippen LogP contribution in [0.5, 0.6) is 0 Å². The lowest BCUT2D eigenvalue weighted by Gasteiger charge is -2.38. The smallest absolute Gasteiger partial charge is 0.329 e. The number of carbonyl (C=O) groups is 2. The Hall–Kier alpha value is -2.61. The minimum atomic E-state index is -0.638. The third-order valence-corrected chi connectivity index (χ3v) is 7.55. The van der Waals surface area contributed by atoms with Crippen LogP contribution in [0.1, 0.15) is 44.6 Å². The molecule has 3 aliphatic heterocycles. The van der Waals surface area contributed by atoms with Gasteiger partial charge in [0.05, 0.1) is 11.0 Å². The Morgan fingerprint density at radius 1 is 0.903 bits per heavy atom. The van der Waals surface area contributed by atoms with Crippen LogP contribution < -0.4 is 21.2 Å². The molecule has 8 heteroatoms. The van der Waals surface area contributed by atoms with Crippen molar-refractivity contribution in [3.63, 3.8) is 0 Å². The van der Waals surface area contributed by atoms with Crippen molar-refractivity contribution in [3.05, 3.63) is 28.7 Å². The second kappa shape index (κ2) is 8.15. The number of fused-ring (bicyclic) bond motifs is 1. The summed E-state index contributed by atoms with van der Waals surface area (Å²) in [5.41, 5.74) is 2.49. The van der Waals surface area contributed by atoms with Crippen LogP contribution in [0.4, 0.5) is 5.69 Å². The highest BCUT2D eigenvalue weighted by Crippen LogP contribution is 2.33. The number of carbonyl (C=O) groups excluding carboxylic acids is 2. The summed E-state index contributed by atoms with van der Waals surface area (Å²) in [6.07, 6.45) is 5.65. The van der Waals surface area contributed by atoms with E-state index in [2.05, 4.69) is 27.7 Å². The van der Waals surface area contributed by atoms with Crippen LogP contribution in [0.3, 0.4) is 0 Å². The fraction of sp³-hybridized carbons (Fsp3) is 0.609. The topological polar surface area (TPSA) is 88.4 Å². The maximum Gasteiger partial charge on any atom is 0.329 e. The molecule has 3 fully saturated rings. The van der Waals surface area contributed by atoms with Gasteiger partial charge in [0.15, 0.2) is 0 Å². The molecule has 0 aliphatic carbocycles. The highest BCUT2D eigenvalue weighted by molar-refractivity contribution is 6.00. The number of imidazole rings is 1. The Bertz CT molecular complexity index is 1060. The van der Waals surface area contributed by atoms with Gasteiger partial charge >= 0.3 is 5.69 Å². The lowest BCUT2D eigenvalue weighted by molar-refractivity contribution is -0.135. The summed E-state index contributed by atoms with van der Waals surface area (Å²) in [6, 6.07) is 5.45. The first-order valence-corrected chi connectivity index (χ1v) is 11.5. The first-order valence-electron chi connectivity index (χ1n) is 11.5. The van der Waals surface area contributed by atoms with Gasteiger partial charge in [-0.05, 0) is 75.2 Å². The number of hydrogen-bond donors (Lipinski definition) is 2. The minimum Gasteiger partial charge on any atom is -0.371 e. The van der Waals surface area contributed by atoms with Crippen molar-refractivity contribution >= 4 is 28.5 Å². The molecular formula is C23H31N5O3. The standard InChI is InChI=1S/C23H31N5O3/c1-26-20-14-17(27-12-8-16(9-13-27)15-6-10-24-11-7-15)2-3-18(20)28(23(26)31)19-4-5-21(29)25-22(19)30/h2-3,14-16,19,24H,4-13H2,1H3,(H,25,29,30). The summed E-state index contributed by atoms with van der Waals surface area (Å²) in [6.45, 7) is 4.39. The molecule has 31 heavy (non-hydrogen) atoms. The summed E-state index contributed by atoms with van der Waals surface area (Å²) in [5, 5.41) is 5.83. The van der Waals surface area contributed by atoms with E-state index < -0.39 is 11.9 Å². The van der Waals surface area contributed by atoms with E-state index in [-0.39, 0.29) is 18.0 Å². The maximum atomic E-state index is 13.0. The van der Waals surface area contributed by atoms with Gasteiger partial charge in [-0.15, -0.1) is 0 Å². The van der Waals surface area contributed by atoms with Gasteiger partial charge in [0.25, 0.3) is 0 Å². The average Bonchev–Trinajstić information content (AvgIpc) is 3.04. The Labute approximate surface area is 181 Å². The van der Waals surface area contributed by atoms with E-state index in [9.17, 15) is 14.4 Å². The van der Waals surface area contributed by atoms with E-state index >= 15 is 0 Å². The van der Waals surface area contributed by atoms with Crippen LogP contribution in [0.2, 0.25) is 0 Å². The van der Waals surface area contributed by atoms with Crippen molar-refractivity contribution in [2.45, 2.75) is 44.6 Å². The van der Waals surface area contributed by atoms with Crippen LogP contribution in [-0.2, 0) is 16.6 Å². The lowest BCUT2D eigenvalue weighted by atomic mass is 9.79. The summed E-state index contributed by atoms with van der Waals surface area (Å²) in [5.74, 6) is 1.01. The van der Waals surface area contributed by atoms with Crippen molar-refractivity contribution in [1.29, 1.82) is 0 Å². The molecule has 166 valence electrons. The van der Waals surface area contributed by atoms with Crippen molar-refractivity contribution < 1.29 is 9.59 Å². The quantitative estimate of drug-likeness (QED) is 0.729. The highest BCUT2D eigenvalue weighted by Gasteiger charge is 2.32. The van der Waals surface area contributed by atoms with Gasteiger partial charge in [-0.1, -0.05) is 0 Å². The molecule has 0 spiro atoms. The summed E-state index contributed by atoms with van der Waals surface area (Å²) in [4.78, 5) is 39.3. The molecule has 4 heterocycles. The van der Waals surface area contributed by atoms with Gasteiger partial charge in [0.2, 0.25) is 11.8 Å². The molecule has 3 saturated heterocycles. The zero-order valence-electron chi connectivity index (χ0n) is 18.1. The predicted molar refractivity (Wildman–Crippen MR) is 119 cm³/mol. The molecular weight excluding hydrogens is 394 g/mol. The Balaban J connectivity index is 1.37. The Morgan fingerprint density at radius 3 is 2.32 bits per heavy atom. The number of piperidine rings is 3. The number of benzene rings is 1. The molecule has 1 aromatic heterocycles. The second-order valence-corrected chi connectivity index (χ2v) is 9.26. The van der Waals surface area contributed by atoms with Crippen LogP contribution in [0, 0.1) is 11.8 Å². The van der Waals surface area contributed by atoms with Gasteiger partial charge in [-0.3, -0.25) is 24.0 Å². The fourth-order valence-electron chi connectivity index (χ4n) is 5.72. The molecule has 1 atom stereocenters. The number of anilines is 1. The van der Waals surface area contributed by atoms with E-state index in [1.807, 2.05) is 6.07 Å². The van der Waals surface area contributed by atoms with Gasteiger partial charge in [0.1, 0.15) is 6.04 Å². The van der Waals surface area contributed by atoms with E-state index in [1.165, 1.54) is 25.7 Å². The van der Waals surface area contributed by atoms with Crippen LogP contribution in [-0.4, -0.2) is 47.1 Å². The molecule has 3 aliphatic rings. The van der Waals surface area contributed by atoms with Crippen molar-refractivity contribution in [2.75, 3.05) is 31.1 Å². The predicted octanol–water partition coefficient (Wildman–Crippen LogP) is 1.53. The Kier molecular flexibility index (Phi) is 5.33. The molecule has 5 rings (SSSR count). The van der Waals surface area contributed by atoms with E-state index in [1.54, 1.807) is 16.2 Å². The fourth-order valence-corrected chi connectivity index (χ4v) is 5.72. The number of rotatable bonds is 3. The monoisotopic (exact) mass is 425 g/mol. The third-order valence-electron chi connectivity index (χ3n) is 7.55. The first-order chi connectivity index (χ1) is 15.0. The number of aromatic nitrogens is 2. The average molecular weight is 426 g/mol. The second-order valence-electron chi connectivity index (χ2n) is 9.26. The van der Waals surface area contributed by atoms with Crippen LogP contribution in [0.15, 0.2) is 23.0 Å². The molecule has 0 saturated carbocycles. The normalized spacial score (nSPS) is 24.0. The zero-order valence-corrected chi connectivity index (χ0v) is 18.1. The van der Waals surface area contributed by atoms with Crippen molar-refractivity contribution in [1.82, 2.24) is 19.8 Å². The highest BCUT2D eigenvalue weighted by atomic mass is 16.2. The lowest BCUT2D eigenvalue weighted by Crippen LogP contribution is -2.44. The third kappa shape index (κ3) is 3.67. The van der Waals surface area contributed by atoms with Gasteiger partial charge in [-0.2, -0.15) is 0 Å². The van der Waals surface area contributed by atoms with Gasteiger partial charge in [0, 0.05) is 32.2 Å².